The minimum Gasteiger partial charge on any atom is -0.355 e. The molecule has 2 rings (SSSR count). The minimum absolute atomic E-state index is 0.0263. The van der Waals surface area contributed by atoms with E-state index in [-0.39, 0.29) is 11.8 Å². The number of piperidine rings is 1. The van der Waals surface area contributed by atoms with Crippen LogP contribution in [0.4, 0.5) is 0 Å². The largest absolute Gasteiger partial charge is 0.355 e. The SMILES string of the molecule is CC(C)(C(=O)NCCC1=CCCCC1)C(=O)N1CCCCC1. The number of carbonyl (C=O) groups is 2. The lowest BCUT2D eigenvalue weighted by Gasteiger charge is -2.33. The highest BCUT2D eigenvalue weighted by atomic mass is 16.2. The quantitative estimate of drug-likeness (QED) is 0.627. The van der Waals surface area contributed by atoms with Gasteiger partial charge in [-0.3, -0.25) is 9.59 Å². The molecule has 1 N–H and O–H groups in total. The smallest absolute Gasteiger partial charge is 0.237 e. The molecule has 0 radical (unpaired) electrons. The van der Waals surface area contributed by atoms with Crippen LogP contribution in [0.15, 0.2) is 11.6 Å². The monoisotopic (exact) mass is 306 g/mol. The van der Waals surface area contributed by atoms with Crippen LogP contribution in [0.1, 0.15) is 65.2 Å². The van der Waals surface area contributed by atoms with E-state index >= 15 is 0 Å². The number of allylic oxidation sites excluding steroid dienone is 1. The van der Waals surface area contributed by atoms with Gasteiger partial charge in [-0.05, 0) is 65.2 Å². The summed E-state index contributed by atoms with van der Waals surface area (Å²) >= 11 is 0. The summed E-state index contributed by atoms with van der Waals surface area (Å²) < 4.78 is 0. The summed E-state index contributed by atoms with van der Waals surface area (Å²) in [4.78, 5) is 26.8. The predicted molar refractivity (Wildman–Crippen MR) is 88.4 cm³/mol. The summed E-state index contributed by atoms with van der Waals surface area (Å²) in [5, 5.41) is 2.96. The van der Waals surface area contributed by atoms with Crippen molar-refractivity contribution >= 4 is 11.8 Å². The molecule has 0 saturated carbocycles. The third-order valence-corrected chi connectivity index (χ3v) is 4.86. The maximum atomic E-state index is 12.6. The molecule has 0 unspecified atom stereocenters. The molecule has 0 spiro atoms. The van der Waals surface area contributed by atoms with Crippen LogP contribution in [-0.2, 0) is 9.59 Å². The lowest BCUT2D eigenvalue weighted by molar-refractivity contribution is -0.149. The van der Waals surface area contributed by atoms with Gasteiger partial charge in [0.25, 0.3) is 0 Å². The Balaban J connectivity index is 1.81. The summed E-state index contributed by atoms with van der Waals surface area (Å²) in [7, 11) is 0. The number of hydrogen-bond acceptors (Lipinski definition) is 2. The zero-order valence-corrected chi connectivity index (χ0v) is 14.1. The Labute approximate surface area is 134 Å². The molecule has 22 heavy (non-hydrogen) atoms. The van der Waals surface area contributed by atoms with Crippen molar-refractivity contribution in [3.8, 4) is 0 Å². The minimum atomic E-state index is -0.960. The summed E-state index contributed by atoms with van der Waals surface area (Å²) in [6.07, 6.45) is 11.4. The second kappa shape index (κ2) is 7.80. The van der Waals surface area contributed by atoms with Crippen LogP contribution in [0.5, 0.6) is 0 Å². The van der Waals surface area contributed by atoms with E-state index in [1.807, 2.05) is 4.90 Å². The standard InChI is InChI=1S/C18H30N2O2/c1-18(2,17(22)20-13-7-4-8-14-20)16(21)19-12-11-15-9-5-3-6-10-15/h9H,3-8,10-14H2,1-2H3,(H,19,21). The van der Waals surface area contributed by atoms with Crippen molar-refractivity contribution in [2.75, 3.05) is 19.6 Å². The van der Waals surface area contributed by atoms with Gasteiger partial charge in [-0.25, -0.2) is 0 Å². The van der Waals surface area contributed by atoms with Gasteiger partial charge < -0.3 is 10.2 Å². The number of carbonyl (C=O) groups excluding carboxylic acids is 2. The first-order valence-corrected chi connectivity index (χ1v) is 8.77. The van der Waals surface area contributed by atoms with Crippen molar-refractivity contribution in [1.82, 2.24) is 10.2 Å². The van der Waals surface area contributed by atoms with Crippen molar-refractivity contribution in [1.29, 1.82) is 0 Å². The molecule has 0 atom stereocenters. The second-order valence-corrected chi connectivity index (χ2v) is 7.09. The van der Waals surface area contributed by atoms with E-state index in [2.05, 4.69) is 11.4 Å². The Hall–Kier alpha value is -1.32. The van der Waals surface area contributed by atoms with E-state index in [0.29, 0.717) is 6.54 Å². The highest BCUT2D eigenvalue weighted by Gasteiger charge is 2.39. The fourth-order valence-electron chi connectivity index (χ4n) is 3.28. The highest BCUT2D eigenvalue weighted by molar-refractivity contribution is 6.04. The Morgan fingerprint density at radius 2 is 1.86 bits per heavy atom. The predicted octanol–water partition coefficient (Wildman–Crippen LogP) is 3.03. The van der Waals surface area contributed by atoms with Gasteiger partial charge in [0.1, 0.15) is 5.41 Å². The van der Waals surface area contributed by atoms with Crippen molar-refractivity contribution < 1.29 is 9.59 Å². The zero-order valence-electron chi connectivity index (χ0n) is 14.1. The lowest BCUT2D eigenvalue weighted by atomic mass is 9.89. The molecular formula is C18H30N2O2. The fraction of sp³-hybridized carbons (Fsp3) is 0.778. The number of likely N-dealkylation sites (tertiary alicyclic amines) is 1. The molecule has 4 heteroatoms. The summed E-state index contributed by atoms with van der Waals surface area (Å²) in [5.41, 5.74) is 0.491. The zero-order chi connectivity index (χ0) is 16.0. The summed E-state index contributed by atoms with van der Waals surface area (Å²) in [6, 6.07) is 0. The van der Waals surface area contributed by atoms with E-state index in [4.69, 9.17) is 0 Å². The van der Waals surface area contributed by atoms with Crippen LogP contribution in [0.3, 0.4) is 0 Å². The van der Waals surface area contributed by atoms with Gasteiger partial charge >= 0.3 is 0 Å². The first-order chi connectivity index (χ1) is 10.5. The van der Waals surface area contributed by atoms with Crippen molar-refractivity contribution in [3.63, 3.8) is 0 Å². The van der Waals surface area contributed by atoms with E-state index in [1.54, 1.807) is 13.8 Å². The summed E-state index contributed by atoms with van der Waals surface area (Å²) in [6.45, 7) is 5.73. The van der Waals surface area contributed by atoms with Gasteiger partial charge in [0.15, 0.2) is 0 Å². The van der Waals surface area contributed by atoms with Gasteiger partial charge in [-0.2, -0.15) is 0 Å². The molecule has 0 aromatic rings. The van der Waals surface area contributed by atoms with Gasteiger partial charge in [0.2, 0.25) is 11.8 Å². The fourth-order valence-corrected chi connectivity index (χ4v) is 3.28. The first-order valence-electron chi connectivity index (χ1n) is 8.77. The van der Waals surface area contributed by atoms with Gasteiger partial charge in [-0.1, -0.05) is 11.6 Å². The average molecular weight is 306 g/mol. The van der Waals surface area contributed by atoms with Gasteiger partial charge in [-0.15, -0.1) is 0 Å². The number of rotatable bonds is 5. The molecule has 1 heterocycles. The molecular weight excluding hydrogens is 276 g/mol. The Morgan fingerprint density at radius 3 is 2.50 bits per heavy atom. The first kappa shape index (κ1) is 17.0. The molecule has 2 amide bonds. The highest BCUT2D eigenvalue weighted by Crippen LogP contribution is 2.23. The van der Waals surface area contributed by atoms with Crippen LogP contribution >= 0.6 is 0 Å². The molecule has 0 bridgehead atoms. The average Bonchev–Trinajstić information content (AvgIpc) is 2.55. The third-order valence-electron chi connectivity index (χ3n) is 4.86. The molecule has 1 aliphatic carbocycles. The Morgan fingerprint density at radius 1 is 1.14 bits per heavy atom. The van der Waals surface area contributed by atoms with Crippen LogP contribution < -0.4 is 5.32 Å². The molecule has 124 valence electrons. The van der Waals surface area contributed by atoms with E-state index < -0.39 is 5.41 Å². The number of amides is 2. The van der Waals surface area contributed by atoms with Gasteiger partial charge in [0.05, 0.1) is 0 Å². The van der Waals surface area contributed by atoms with Crippen LogP contribution in [0.2, 0.25) is 0 Å². The Bertz CT molecular complexity index is 434. The number of nitrogens with one attached hydrogen (secondary N) is 1. The number of hydrogen-bond donors (Lipinski definition) is 1. The second-order valence-electron chi connectivity index (χ2n) is 7.09. The molecule has 0 aromatic carbocycles. The van der Waals surface area contributed by atoms with Crippen LogP contribution in [0, 0.1) is 5.41 Å². The Kier molecular flexibility index (Phi) is 6.04. The molecule has 1 aliphatic heterocycles. The third kappa shape index (κ3) is 4.34. The number of nitrogens with zero attached hydrogens (tertiary/aromatic N) is 1. The van der Waals surface area contributed by atoms with Crippen LogP contribution in [0.25, 0.3) is 0 Å². The molecule has 0 aromatic heterocycles. The normalized spacial score (nSPS) is 19.5. The molecule has 2 aliphatic rings. The van der Waals surface area contributed by atoms with Gasteiger partial charge in [0, 0.05) is 19.6 Å². The van der Waals surface area contributed by atoms with E-state index in [0.717, 1.165) is 38.8 Å². The summed E-state index contributed by atoms with van der Waals surface area (Å²) in [5.74, 6) is -0.166. The van der Waals surface area contributed by atoms with E-state index in [1.165, 1.54) is 31.3 Å². The van der Waals surface area contributed by atoms with Crippen molar-refractivity contribution in [3.05, 3.63) is 11.6 Å². The molecule has 1 fully saturated rings. The topological polar surface area (TPSA) is 49.4 Å². The maximum absolute atomic E-state index is 12.6. The van der Waals surface area contributed by atoms with Crippen molar-refractivity contribution in [2.24, 2.45) is 5.41 Å². The molecule has 1 saturated heterocycles. The maximum Gasteiger partial charge on any atom is 0.237 e. The molecule has 4 nitrogen and oxygen atoms in total. The van der Waals surface area contributed by atoms with E-state index in [9.17, 15) is 9.59 Å². The van der Waals surface area contributed by atoms with Crippen LogP contribution in [-0.4, -0.2) is 36.3 Å². The van der Waals surface area contributed by atoms with Crippen molar-refractivity contribution in [2.45, 2.75) is 65.2 Å². The lowest BCUT2D eigenvalue weighted by Crippen LogP contribution is -2.51.